The summed E-state index contributed by atoms with van der Waals surface area (Å²) in [6.45, 7) is 5.91. The average Bonchev–Trinajstić information content (AvgIpc) is 2.93. The fraction of sp³-hybridized carbons (Fsp3) is 0.160. The molecule has 4 rings (SSSR count). The molecule has 2 aromatic carbocycles. The van der Waals surface area contributed by atoms with Crippen LogP contribution in [0, 0.1) is 11.7 Å². The summed E-state index contributed by atoms with van der Waals surface area (Å²) in [5.74, 6) is -0.193. The number of carboxylic acid groups (broad SMARTS) is 1. The molecular formula is C25H21FN2O3. The van der Waals surface area contributed by atoms with Crippen molar-refractivity contribution in [1.29, 1.82) is 0 Å². The highest BCUT2D eigenvalue weighted by Gasteiger charge is 2.26. The topological polar surface area (TPSA) is 71.2 Å². The monoisotopic (exact) mass is 416 g/mol. The molecule has 2 aliphatic rings. The standard InChI is InChI=1S/C25H21FN2O3/c1-15(2)31-21-5-3-4-17(11-21)18-10-19-14-27-24(25(29)30)13-23(19)28-22(12-18)16-6-8-20(26)9-7-16/h3-9,11-13,19H,1,10,14H2,2H3,(H,29,30). The number of aliphatic imine (C=N–C) groups is 2. The quantitative estimate of drug-likeness (QED) is 0.693. The van der Waals surface area contributed by atoms with Crippen LogP contribution in [-0.2, 0) is 4.79 Å². The van der Waals surface area contributed by atoms with Gasteiger partial charge in [-0.15, -0.1) is 0 Å². The van der Waals surface area contributed by atoms with E-state index in [1.807, 2.05) is 30.3 Å². The molecule has 6 heteroatoms. The molecule has 1 atom stereocenters. The molecule has 5 nitrogen and oxygen atoms in total. The number of hydrogen-bond donors (Lipinski definition) is 1. The van der Waals surface area contributed by atoms with Gasteiger partial charge in [0.05, 0.1) is 11.5 Å². The highest BCUT2D eigenvalue weighted by Crippen LogP contribution is 2.34. The van der Waals surface area contributed by atoms with Gasteiger partial charge >= 0.3 is 5.97 Å². The zero-order chi connectivity index (χ0) is 22.0. The van der Waals surface area contributed by atoms with Gasteiger partial charge < -0.3 is 9.84 Å². The van der Waals surface area contributed by atoms with E-state index in [0.29, 0.717) is 35.9 Å². The Morgan fingerprint density at radius 1 is 1.16 bits per heavy atom. The lowest BCUT2D eigenvalue weighted by molar-refractivity contribution is -0.129. The van der Waals surface area contributed by atoms with Gasteiger partial charge in [0.2, 0.25) is 0 Å². The minimum absolute atomic E-state index is 0.00578. The van der Waals surface area contributed by atoms with Crippen molar-refractivity contribution < 1.29 is 19.0 Å². The zero-order valence-electron chi connectivity index (χ0n) is 17.0. The molecule has 0 fully saturated rings. The number of rotatable bonds is 5. The number of halogens is 1. The number of carboxylic acids is 1. The third-order valence-electron chi connectivity index (χ3n) is 5.07. The van der Waals surface area contributed by atoms with Gasteiger partial charge in [0.15, 0.2) is 0 Å². The minimum atomic E-state index is -1.08. The number of benzene rings is 2. The predicted octanol–water partition coefficient (Wildman–Crippen LogP) is 5.05. The second-order valence-electron chi connectivity index (χ2n) is 7.51. The van der Waals surface area contributed by atoms with Gasteiger partial charge in [-0.05, 0) is 73.0 Å². The largest absolute Gasteiger partial charge is 0.477 e. The van der Waals surface area contributed by atoms with Gasteiger partial charge in [0.1, 0.15) is 17.3 Å². The van der Waals surface area contributed by atoms with Gasteiger partial charge in [0, 0.05) is 23.7 Å². The Hall–Kier alpha value is -3.80. The van der Waals surface area contributed by atoms with E-state index in [0.717, 1.165) is 16.7 Å². The maximum Gasteiger partial charge on any atom is 0.354 e. The second kappa shape index (κ2) is 8.52. The van der Waals surface area contributed by atoms with E-state index >= 15 is 0 Å². The third-order valence-corrected chi connectivity index (χ3v) is 5.07. The van der Waals surface area contributed by atoms with Crippen molar-refractivity contribution >= 4 is 23.0 Å². The summed E-state index contributed by atoms with van der Waals surface area (Å²) >= 11 is 0. The number of fused-ring (bicyclic) bond motifs is 1. The normalized spacial score (nSPS) is 17.9. The van der Waals surface area contributed by atoms with Crippen LogP contribution >= 0.6 is 0 Å². The lowest BCUT2D eigenvalue weighted by Crippen LogP contribution is -2.20. The van der Waals surface area contributed by atoms with E-state index < -0.39 is 5.97 Å². The van der Waals surface area contributed by atoms with Crippen LogP contribution in [-0.4, -0.2) is 29.0 Å². The highest BCUT2D eigenvalue weighted by atomic mass is 19.1. The summed E-state index contributed by atoms with van der Waals surface area (Å²) in [6, 6.07) is 13.8. The van der Waals surface area contributed by atoms with Crippen molar-refractivity contribution in [3.05, 3.63) is 95.7 Å². The van der Waals surface area contributed by atoms with E-state index in [-0.39, 0.29) is 17.4 Å². The Balaban J connectivity index is 1.79. The van der Waals surface area contributed by atoms with Crippen LogP contribution in [0.15, 0.2) is 88.7 Å². The van der Waals surface area contributed by atoms with Gasteiger partial charge in [-0.2, -0.15) is 0 Å². The molecule has 0 radical (unpaired) electrons. The van der Waals surface area contributed by atoms with Gasteiger partial charge in [-0.3, -0.25) is 9.98 Å². The van der Waals surface area contributed by atoms with E-state index in [1.54, 1.807) is 19.1 Å². The fourth-order valence-corrected chi connectivity index (χ4v) is 3.62. The molecule has 1 N–H and O–H groups in total. The fourth-order valence-electron chi connectivity index (χ4n) is 3.62. The molecule has 0 amide bonds. The van der Waals surface area contributed by atoms with Gasteiger partial charge in [0.25, 0.3) is 0 Å². The Kier molecular flexibility index (Phi) is 5.62. The first kappa shape index (κ1) is 20.5. The van der Waals surface area contributed by atoms with E-state index in [2.05, 4.69) is 11.6 Å². The Bertz CT molecular complexity index is 1170. The number of dihydropyridines is 1. The van der Waals surface area contributed by atoms with Gasteiger partial charge in [-0.25, -0.2) is 9.18 Å². The summed E-state index contributed by atoms with van der Waals surface area (Å²) in [4.78, 5) is 20.4. The number of nitrogens with zero attached hydrogens (tertiary/aromatic N) is 2. The van der Waals surface area contributed by atoms with Crippen LogP contribution in [0.2, 0.25) is 0 Å². The summed E-state index contributed by atoms with van der Waals surface area (Å²) in [7, 11) is 0. The summed E-state index contributed by atoms with van der Waals surface area (Å²) in [5, 5.41) is 9.35. The van der Waals surface area contributed by atoms with Crippen molar-refractivity contribution in [2.75, 3.05) is 6.54 Å². The molecule has 0 bridgehead atoms. The lowest BCUT2D eigenvalue weighted by atomic mass is 9.90. The van der Waals surface area contributed by atoms with E-state index in [4.69, 9.17) is 9.73 Å². The van der Waals surface area contributed by atoms with Crippen molar-refractivity contribution in [2.45, 2.75) is 13.3 Å². The van der Waals surface area contributed by atoms with Gasteiger partial charge in [-0.1, -0.05) is 18.7 Å². The molecule has 0 aromatic heterocycles. The first-order chi connectivity index (χ1) is 14.9. The maximum absolute atomic E-state index is 13.5. The summed E-state index contributed by atoms with van der Waals surface area (Å²) < 4.78 is 19.1. The SMILES string of the molecule is C=C(C)Oc1cccc(C2=CC(c3ccc(F)cc3)=NC3=CC(C(=O)O)=NCC3C2)c1. The first-order valence-corrected chi connectivity index (χ1v) is 9.87. The van der Waals surface area contributed by atoms with Crippen molar-refractivity contribution in [3.63, 3.8) is 0 Å². The van der Waals surface area contributed by atoms with Crippen LogP contribution in [0.4, 0.5) is 4.39 Å². The Morgan fingerprint density at radius 3 is 2.65 bits per heavy atom. The van der Waals surface area contributed by atoms with Crippen molar-refractivity contribution in [3.8, 4) is 5.75 Å². The Labute approximate surface area is 179 Å². The van der Waals surface area contributed by atoms with Crippen LogP contribution in [0.3, 0.4) is 0 Å². The zero-order valence-corrected chi connectivity index (χ0v) is 17.0. The molecular weight excluding hydrogens is 395 g/mol. The molecule has 31 heavy (non-hydrogen) atoms. The lowest BCUT2D eigenvalue weighted by Gasteiger charge is -2.19. The number of ether oxygens (including phenoxy) is 1. The number of hydrogen-bond acceptors (Lipinski definition) is 4. The molecule has 2 aliphatic heterocycles. The first-order valence-electron chi connectivity index (χ1n) is 9.87. The molecule has 1 unspecified atom stereocenters. The molecule has 0 spiro atoms. The minimum Gasteiger partial charge on any atom is -0.477 e. The average molecular weight is 416 g/mol. The summed E-state index contributed by atoms with van der Waals surface area (Å²) in [5.41, 5.74) is 4.01. The van der Waals surface area contributed by atoms with E-state index in [9.17, 15) is 14.3 Å². The summed E-state index contributed by atoms with van der Waals surface area (Å²) in [6.07, 6.45) is 4.12. The van der Waals surface area contributed by atoms with Crippen molar-refractivity contribution in [2.24, 2.45) is 15.9 Å². The molecule has 156 valence electrons. The van der Waals surface area contributed by atoms with Crippen LogP contribution < -0.4 is 4.74 Å². The van der Waals surface area contributed by atoms with Crippen LogP contribution in [0.5, 0.6) is 5.75 Å². The number of allylic oxidation sites excluding steroid dienone is 3. The molecule has 0 saturated heterocycles. The third kappa shape index (κ3) is 4.69. The Morgan fingerprint density at radius 2 is 1.94 bits per heavy atom. The van der Waals surface area contributed by atoms with Crippen LogP contribution in [0.1, 0.15) is 24.5 Å². The molecule has 2 heterocycles. The smallest absolute Gasteiger partial charge is 0.354 e. The second-order valence-corrected chi connectivity index (χ2v) is 7.51. The molecule has 2 aromatic rings. The van der Waals surface area contributed by atoms with E-state index in [1.165, 1.54) is 18.2 Å². The van der Waals surface area contributed by atoms with Crippen LogP contribution in [0.25, 0.3) is 5.57 Å². The molecule has 0 saturated carbocycles. The molecule has 0 aliphatic carbocycles. The van der Waals surface area contributed by atoms with Crippen molar-refractivity contribution in [1.82, 2.24) is 0 Å². The number of aliphatic carboxylic acids is 1. The maximum atomic E-state index is 13.5. The number of carbonyl (C=O) groups is 1. The predicted molar refractivity (Wildman–Crippen MR) is 119 cm³/mol. The highest BCUT2D eigenvalue weighted by molar-refractivity contribution is 6.40.